The van der Waals surface area contributed by atoms with Crippen LogP contribution in [-0.4, -0.2) is 24.9 Å². The van der Waals surface area contributed by atoms with Crippen LogP contribution in [0.1, 0.15) is 39.5 Å². The van der Waals surface area contributed by atoms with E-state index in [1.165, 1.54) is 12.2 Å². The fraction of sp³-hybridized carbons (Fsp3) is 0.571. The average molecular weight is 282 g/mol. The summed E-state index contributed by atoms with van der Waals surface area (Å²) in [6, 6.07) is 0. The normalized spacial score (nSPS) is 12.1. The number of rotatable bonds is 9. The molecular formula is C14H26N4O2. The molecule has 0 aromatic rings. The molecule has 0 aliphatic rings. The molecular weight excluding hydrogens is 256 g/mol. The predicted molar refractivity (Wildman–Crippen MR) is 80.4 cm³/mol. The van der Waals surface area contributed by atoms with Crippen molar-refractivity contribution in [1.29, 1.82) is 0 Å². The number of nitrogens with one attached hydrogen (secondary N) is 2. The Morgan fingerprint density at radius 3 is 1.45 bits per heavy atom. The van der Waals surface area contributed by atoms with Crippen LogP contribution in [0.4, 0.5) is 0 Å². The highest BCUT2D eigenvalue weighted by Crippen LogP contribution is 1.98. The van der Waals surface area contributed by atoms with Gasteiger partial charge in [0, 0.05) is 36.6 Å². The lowest BCUT2D eigenvalue weighted by Gasteiger charge is -2.04. The monoisotopic (exact) mass is 282 g/mol. The maximum atomic E-state index is 11.2. The van der Waals surface area contributed by atoms with Gasteiger partial charge in [0.05, 0.1) is 0 Å². The first-order valence-corrected chi connectivity index (χ1v) is 6.85. The van der Waals surface area contributed by atoms with Gasteiger partial charge in [-0.05, 0) is 26.7 Å². The minimum Gasteiger partial charge on any atom is -0.402 e. The van der Waals surface area contributed by atoms with E-state index in [1.807, 2.05) is 0 Å². The molecule has 0 aliphatic carbocycles. The van der Waals surface area contributed by atoms with Crippen molar-refractivity contribution in [2.75, 3.05) is 13.1 Å². The van der Waals surface area contributed by atoms with Gasteiger partial charge in [0.15, 0.2) is 0 Å². The van der Waals surface area contributed by atoms with Gasteiger partial charge in [-0.15, -0.1) is 0 Å². The van der Waals surface area contributed by atoms with E-state index < -0.39 is 0 Å². The van der Waals surface area contributed by atoms with Gasteiger partial charge in [0.25, 0.3) is 0 Å². The lowest BCUT2D eigenvalue weighted by Crippen LogP contribution is -2.24. The Balaban J connectivity index is 3.42. The first-order valence-electron chi connectivity index (χ1n) is 6.85. The van der Waals surface area contributed by atoms with Crippen LogP contribution in [0.15, 0.2) is 23.5 Å². The van der Waals surface area contributed by atoms with Crippen LogP contribution in [0, 0.1) is 0 Å². The lowest BCUT2D eigenvalue weighted by molar-refractivity contribution is -0.117. The van der Waals surface area contributed by atoms with Crippen molar-refractivity contribution in [3.05, 3.63) is 23.5 Å². The third-order valence-corrected chi connectivity index (χ3v) is 2.42. The number of carbonyl (C=O) groups excluding carboxylic acids is 2. The van der Waals surface area contributed by atoms with E-state index in [1.54, 1.807) is 13.8 Å². The largest absolute Gasteiger partial charge is 0.402 e. The average Bonchev–Trinajstić information content (AvgIpc) is 2.30. The summed E-state index contributed by atoms with van der Waals surface area (Å²) in [7, 11) is 0. The van der Waals surface area contributed by atoms with Gasteiger partial charge in [0.1, 0.15) is 0 Å². The Hall–Kier alpha value is -1.98. The molecule has 0 bridgehead atoms. The molecule has 0 aromatic heterocycles. The van der Waals surface area contributed by atoms with E-state index in [4.69, 9.17) is 11.5 Å². The summed E-state index contributed by atoms with van der Waals surface area (Å²) in [5.41, 5.74) is 11.8. The topological polar surface area (TPSA) is 110 Å². The standard InChI is InChI=1S/C14H26N4O2/c1-11(15)9-13(19)17-7-5-3-4-6-8-18-14(20)10-12(2)16/h9-10H,3-8,15-16H2,1-2H3,(H,17,19)(H,18,20). The number of hydrogen-bond acceptors (Lipinski definition) is 4. The van der Waals surface area contributed by atoms with Gasteiger partial charge in [-0.25, -0.2) is 0 Å². The van der Waals surface area contributed by atoms with Crippen molar-refractivity contribution < 1.29 is 9.59 Å². The van der Waals surface area contributed by atoms with E-state index in [9.17, 15) is 9.59 Å². The minimum absolute atomic E-state index is 0.152. The van der Waals surface area contributed by atoms with E-state index in [2.05, 4.69) is 10.6 Å². The molecule has 0 heterocycles. The number of unbranched alkanes of at least 4 members (excludes halogenated alkanes) is 3. The molecule has 2 amide bonds. The Morgan fingerprint density at radius 2 is 1.15 bits per heavy atom. The molecule has 0 radical (unpaired) electrons. The molecule has 0 saturated heterocycles. The summed E-state index contributed by atoms with van der Waals surface area (Å²) in [5, 5.41) is 5.52. The number of hydrogen-bond donors (Lipinski definition) is 4. The summed E-state index contributed by atoms with van der Waals surface area (Å²) in [6.07, 6.45) is 6.60. The summed E-state index contributed by atoms with van der Waals surface area (Å²) in [6.45, 7) is 4.64. The number of nitrogens with two attached hydrogens (primary N) is 2. The van der Waals surface area contributed by atoms with Crippen molar-refractivity contribution in [2.24, 2.45) is 11.5 Å². The van der Waals surface area contributed by atoms with Gasteiger partial charge in [0.2, 0.25) is 11.8 Å². The lowest BCUT2D eigenvalue weighted by atomic mass is 10.2. The van der Waals surface area contributed by atoms with Crippen LogP contribution in [-0.2, 0) is 9.59 Å². The molecule has 0 spiro atoms. The summed E-state index contributed by atoms with van der Waals surface area (Å²) >= 11 is 0. The molecule has 0 fully saturated rings. The second kappa shape index (κ2) is 10.9. The zero-order chi connectivity index (χ0) is 15.4. The van der Waals surface area contributed by atoms with Crippen molar-refractivity contribution in [3.8, 4) is 0 Å². The molecule has 0 aliphatic heterocycles. The Bertz CT molecular complexity index is 331. The molecule has 0 unspecified atom stereocenters. The summed E-state index contributed by atoms with van der Waals surface area (Å²) < 4.78 is 0. The highest BCUT2D eigenvalue weighted by atomic mass is 16.2. The van der Waals surface area contributed by atoms with Gasteiger partial charge in [-0.1, -0.05) is 12.8 Å². The Morgan fingerprint density at radius 1 is 0.800 bits per heavy atom. The van der Waals surface area contributed by atoms with Crippen molar-refractivity contribution in [3.63, 3.8) is 0 Å². The smallest absolute Gasteiger partial charge is 0.245 e. The van der Waals surface area contributed by atoms with Crippen LogP contribution in [0.25, 0.3) is 0 Å². The summed E-state index contributed by atoms with van der Waals surface area (Å²) in [5.74, 6) is -0.303. The third kappa shape index (κ3) is 12.5. The molecule has 0 aromatic carbocycles. The van der Waals surface area contributed by atoms with Crippen LogP contribution in [0.5, 0.6) is 0 Å². The van der Waals surface area contributed by atoms with Gasteiger partial charge < -0.3 is 22.1 Å². The Kier molecular flexibility index (Phi) is 9.82. The van der Waals surface area contributed by atoms with Crippen LogP contribution < -0.4 is 22.1 Å². The fourth-order valence-electron chi connectivity index (χ4n) is 1.54. The maximum absolute atomic E-state index is 11.2. The van der Waals surface area contributed by atoms with E-state index in [0.29, 0.717) is 24.5 Å². The van der Waals surface area contributed by atoms with Crippen LogP contribution in [0.2, 0.25) is 0 Å². The number of allylic oxidation sites excluding steroid dienone is 2. The third-order valence-electron chi connectivity index (χ3n) is 2.42. The SMILES string of the molecule is CC(N)=CC(=O)NCCCCCCNC(=O)C=C(C)N. The van der Waals surface area contributed by atoms with E-state index in [-0.39, 0.29) is 11.8 Å². The number of carbonyl (C=O) groups is 2. The van der Waals surface area contributed by atoms with Crippen molar-refractivity contribution in [1.82, 2.24) is 10.6 Å². The van der Waals surface area contributed by atoms with Crippen LogP contribution in [0.3, 0.4) is 0 Å². The number of amides is 2. The van der Waals surface area contributed by atoms with Crippen molar-refractivity contribution >= 4 is 11.8 Å². The molecule has 6 nitrogen and oxygen atoms in total. The molecule has 0 atom stereocenters. The molecule has 6 N–H and O–H groups in total. The molecule has 6 heteroatoms. The molecule has 114 valence electrons. The molecule has 20 heavy (non-hydrogen) atoms. The van der Waals surface area contributed by atoms with E-state index >= 15 is 0 Å². The second-order valence-electron chi connectivity index (χ2n) is 4.77. The van der Waals surface area contributed by atoms with E-state index in [0.717, 1.165) is 25.7 Å². The molecule has 0 rings (SSSR count). The zero-order valence-electron chi connectivity index (χ0n) is 12.4. The van der Waals surface area contributed by atoms with Gasteiger partial charge in [-0.2, -0.15) is 0 Å². The zero-order valence-corrected chi connectivity index (χ0v) is 12.4. The highest BCUT2D eigenvalue weighted by molar-refractivity contribution is 5.88. The second-order valence-corrected chi connectivity index (χ2v) is 4.77. The maximum Gasteiger partial charge on any atom is 0.245 e. The minimum atomic E-state index is -0.152. The quantitative estimate of drug-likeness (QED) is 0.364. The first-order chi connectivity index (χ1) is 9.41. The van der Waals surface area contributed by atoms with Gasteiger partial charge >= 0.3 is 0 Å². The van der Waals surface area contributed by atoms with Gasteiger partial charge in [-0.3, -0.25) is 9.59 Å². The van der Waals surface area contributed by atoms with Crippen LogP contribution >= 0.6 is 0 Å². The van der Waals surface area contributed by atoms with Crippen molar-refractivity contribution in [2.45, 2.75) is 39.5 Å². The first kappa shape index (κ1) is 18.0. The molecule has 0 saturated carbocycles. The Labute approximate surface area is 120 Å². The fourth-order valence-corrected chi connectivity index (χ4v) is 1.54. The summed E-state index contributed by atoms with van der Waals surface area (Å²) in [4.78, 5) is 22.4. The highest BCUT2D eigenvalue weighted by Gasteiger charge is 1.97. The predicted octanol–water partition coefficient (Wildman–Crippen LogP) is 0.504.